The highest BCUT2D eigenvalue weighted by Gasteiger charge is 2.34. The van der Waals surface area contributed by atoms with Crippen molar-refractivity contribution >= 4 is 5.97 Å². The summed E-state index contributed by atoms with van der Waals surface area (Å²) in [6.45, 7) is 7.71. The van der Waals surface area contributed by atoms with Crippen LogP contribution in [-0.4, -0.2) is 39.0 Å². The fraction of sp³-hybridized carbons (Fsp3) is 0.529. The molecule has 1 aromatic rings. The quantitative estimate of drug-likeness (QED) is 0.792. The topological polar surface area (TPSA) is 69.2 Å². The number of allylic oxidation sites excluding steroid dienone is 3. The molecule has 0 radical (unpaired) electrons. The lowest BCUT2D eigenvalue weighted by atomic mass is 10.0. The monoisotopic (exact) mass is 303 g/mol. The van der Waals surface area contributed by atoms with Crippen LogP contribution < -0.4 is 0 Å². The Morgan fingerprint density at radius 2 is 2.23 bits per heavy atom. The van der Waals surface area contributed by atoms with E-state index in [1.807, 2.05) is 4.90 Å². The van der Waals surface area contributed by atoms with E-state index in [-0.39, 0.29) is 0 Å². The number of hydrogen-bond donors (Lipinski definition) is 2. The Kier molecular flexibility index (Phi) is 5.55. The molecule has 0 saturated carbocycles. The molecule has 1 aliphatic rings. The summed E-state index contributed by atoms with van der Waals surface area (Å²) < 4.78 is 0. The summed E-state index contributed by atoms with van der Waals surface area (Å²) in [5.41, 5.74) is 4.25. The van der Waals surface area contributed by atoms with E-state index < -0.39 is 12.0 Å². The number of carboxylic acid groups (broad SMARTS) is 1. The molecule has 1 aromatic heterocycles. The van der Waals surface area contributed by atoms with E-state index in [1.54, 1.807) is 6.33 Å². The molecule has 5 heteroatoms. The van der Waals surface area contributed by atoms with Crippen LogP contribution in [0.25, 0.3) is 0 Å². The number of aliphatic carboxylic acids is 1. The fourth-order valence-electron chi connectivity index (χ4n) is 2.76. The minimum atomic E-state index is -0.830. The van der Waals surface area contributed by atoms with Gasteiger partial charge in [0.1, 0.15) is 0 Å². The van der Waals surface area contributed by atoms with Crippen molar-refractivity contribution in [3.63, 3.8) is 0 Å². The van der Waals surface area contributed by atoms with Crippen molar-refractivity contribution in [1.29, 1.82) is 0 Å². The molecule has 120 valence electrons. The highest BCUT2D eigenvalue weighted by Crippen LogP contribution is 2.27. The Labute approximate surface area is 131 Å². The highest BCUT2D eigenvalue weighted by atomic mass is 16.4. The predicted molar refractivity (Wildman–Crippen MR) is 86.7 cm³/mol. The number of rotatable bonds is 6. The maximum absolute atomic E-state index is 11.6. The van der Waals surface area contributed by atoms with Crippen molar-refractivity contribution in [2.24, 2.45) is 0 Å². The SMILES string of the molecule is CC(C)=CCC/C(C)=C/CN1CCc2[nH]cnc2C1C(=O)O. The van der Waals surface area contributed by atoms with Crippen LogP contribution in [0.1, 0.15) is 51.0 Å². The van der Waals surface area contributed by atoms with E-state index in [2.05, 4.69) is 42.9 Å². The van der Waals surface area contributed by atoms with Gasteiger partial charge in [0.2, 0.25) is 0 Å². The first-order valence-corrected chi connectivity index (χ1v) is 7.77. The Morgan fingerprint density at radius 3 is 2.91 bits per heavy atom. The van der Waals surface area contributed by atoms with E-state index in [1.165, 1.54) is 11.1 Å². The number of fused-ring (bicyclic) bond motifs is 1. The van der Waals surface area contributed by atoms with Gasteiger partial charge in [-0.2, -0.15) is 0 Å². The molecular formula is C17H25N3O2. The Balaban J connectivity index is 2.00. The first kappa shape index (κ1) is 16.5. The maximum atomic E-state index is 11.6. The highest BCUT2D eigenvalue weighted by molar-refractivity contribution is 5.75. The number of H-pyrrole nitrogens is 1. The van der Waals surface area contributed by atoms with Gasteiger partial charge in [-0.3, -0.25) is 9.69 Å². The number of aromatic amines is 1. The minimum Gasteiger partial charge on any atom is -0.480 e. The van der Waals surface area contributed by atoms with E-state index in [0.29, 0.717) is 12.2 Å². The molecule has 0 aliphatic carbocycles. The van der Waals surface area contributed by atoms with E-state index in [0.717, 1.165) is 31.5 Å². The number of carbonyl (C=O) groups is 1. The van der Waals surface area contributed by atoms with Gasteiger partial charge in [-0.1, -0.05) is 23.3 Å². The molecule has 5 nitrogen and oxygen atoms in total. The molecule has 1 atom stereocenters. The molecule has 22 heavy (non-hydrogen) atoms. The number of nitrogens with zero attached hydrogens (tertiary/aromatic N) is 2. The summed E-state index contributed by atoms with van der Waals surface area (Å²) >= 11 is 0. The molecule has 1 unspecified atom stereocenters. The third-order valence-corrected chi connectivity index (χ3v) is 4.02. The van der Waals surface area contributed by atoms with Gasteiger partial charge < -0.3 is 10.1 Å². The third-order valence-electron chi connectivity index (χ3n) is 4.02. The van der Waals surface area contributed by atoms with E-state index in [9.17, 15) is 9.90 Å². The van der Waals surface area contributed by atoms with Crippen molar-refractivity contribution in [2.75, 3.05) is 13.1 Å². The third kappa shape index (κ3) is 4.07. The normalized spacial score (nSPS) is 18.9. The second-order valence-electron chi connectivity index (χ2n) is 6.12. The first-order chi connectivity index (χ1) is 10.5. The van der Waals surface area contributed by atoms with Crippen LogP contribution in [-0.2, 0) is 11.2 Å². The summed E-state index contributed by atoms with van der Waals surface area (Å²) in [6.07, 6.45) is 8.84. The lowest BCUT2D eigenvalue weighted by molar-refractivity contribution is -0.143. The van der Waals surface area contributed by atoms with Crippen molar-refractivity contribution in [1.82, 2.24) is 14.9 Å². The summed E-state index contributed by atoms with van der Waals surface area (Å²) in [5, 5.41) is 9.52. The van der Waals surface area contributed by atoms with Gasteiger partial charge in [-0.15, -0.1) is 0 Å². The van der Waals surface area contributed by atoms with Crippen molar-refractivity contribution in [3.05, 3.63) is 41.0 Å². The lowest BCUT2D eigenvalue weighted by Gasteiger charge is -2.31. The van der Waals surface area contributed by atoms with Crippen LogP contribution in [0.3, 0.4) is 0 Å². The smallest absolute Gasteiger partial charge is 0.327 e. The van der Waals surface area contributed by atoms with Crippen LogP contribution in [0.15, 0.2) is 29.6 Å². The average Bonchev–Trinajstić information content (AvgIpc) is 2.91. The van der Waals surface area contributed by atoms with Gasteiger partial charge in [-0.05, 0) is 33.6 Å². The molecule has 2 N–H and O–H groups in total. The summed E-state index contributed by atoms with van der Waals surface area (Å²) in [5.74, 6) is -0.830. The molecule has 0 fully saturated rings. The number of imidazole rings is 1. The van der Waals surface area contributed by atoms with Crippen LogP contribution >= 0.6 is 0 Å². The molecule has 0 amide bonds. The molecule has 0 aromatic carbocycles. The molecule has 0 saturated heterocycles. The minimum absolute atomic E-state index is 0.642. The Morgan fingerprint density at radius 1 is 1.45 bits per heavy atom. The zero-order valence-corrected chi connectivity index (χ0v) is 13.6. The zero-order valence-electron chi connectivity index (χ0n) is 13.6. The molecule has 0 bridgehead atoms. The lowest BCUT2D eigenvalue weighted by Crippen LogP contribution is -2.40. The van der Waals surface area contributed by atoms with Gasteiger partial charge in [0, 0.05) is 25.2 Å². The first-order valence-electron chi connectivity index (χ1n) is 7.77. The van der Waals surface area contributed by atoms with E-state index in [4.69, 9.17) is 0 Å². The predicted octanol–water partition coefficient (Wildman–Crippen LogP) is 3.09. The van der Waals surface area contributed by atoms with E-state index >= 15 is 0 Å². The fourth-order valence-corrected chi connectivity index (χ4v) is 2.76. The Bertz CT molecular complexity index is 582. The van der Waals surface area contributed by atoms with Gasteiger partial charge >= 0.3 is 5.97 Å². The van der Waals surface area contributed by atoms with Crippen molar-refractivity contribution < 1.29 is 9.90 Å². The number of nitrogens with one attached hydrogen (secondary N) is 1. The number of aromatic nitrogens is 2. The van der Waals surface area contributed by atoms with Crippen LogP contribution in [0, 0.1) is 0 Å². The molecule has 2 rings (SSSR count). The van der Waals surface area contributed by atoms with Gasteiger partial charge in [0.25, 0.3) is 0 Å². The van der Waals surface area contributed by atoms with Crippen LogP contribution in [0.2, 0.25) is 0 Å². The number of carboxylic acids is 1. The second kappa shape index (κ2) is 7.40. The molecule has 0 spiro atoms. The summed E-state index contributed by atoms with van der Waals surface area (Å²) in [7, 11) is 0. The standard InChI is InChI=1S/C17H25N3O2/c1-12(2)5-4-6-13(3)7-9-20-10-8-14-15(19-11-18-14)16(20)17(21)22/h5,7,11,16H,4,6,8-10H2,1-3H3,(H,18,19)(H,21,22)/b13-7+. The van der Waals surface area contributed by atoms with Gasteiger partial charge in [0.05, 0.1) is 12.0 Å². The van der Waals surface area contributed by atoms with Crippen molar-refractivity contribution in [3.8, 4) is 0 Å². The number of hydrogen-bond acceptors (Lipinski definition) is 3. The summed E-state index contributed by atoms with van der Waals surface area (Å²) in [6, 6.07) is -0.642. The van der Waals surface area contributed by atoms with Gasteiger partial charge in [0.15, 0.2) is 6.04 Å². The van der Waals surface area contributed by atoms with Gasteiger partial charge in [-0.25, -0.2) is 4.98 Å². The second-order valence-corrected chi connectivity index (χ2v) is 6.12. The Hall–Kier alpha value is -1.88. The van der Waals surface area contributed by atoms with Crippen molar-refractivity contribution in [2.45, 2.75) is 46.1 Å². The largest absolute Gasteiger partial charge is 0.480 e. The van der Waals surface area contributed by atoms with Crippen LogP contribution in [0.4, 0.5) is 0 Å². The summed E-state index contributed by atoms with van der Waals surface area (Å²) in [4.78, 5) is 20.8. The van der Waals surface area contributed by atoms with Crippen LogP contribution in [0.5, 0.6) is 0 Å². The zero-order chi connectivity index (χ0) is 16.1. The molecule has 1 aliphatic heterocycles. The molecule has 2 heterocycles. The average molecular weight is 303 g/mol. The maximum Gasteiger partial charge on any atom is 0.327 e. The molecular weight excluding hydrogens is 278 g/mol.